The summed E-state index contributed by atoms with van der Waals surface area (Å²) in [6, 6.07) is 0. The first-order chi connectivity index (χ1) is 4.81. The van der Waals surface area contributed by atoms with E-state index < -0.39 is 0 Å². The molecule has 0 heterocycles. The minimum absolute atomic E-state index is 0. The monoisotopic (exact) mass is 195 g/mol. The third-order valence-electron chi connectivity index (χ3n) is 1.28. The second-order valence-corrected chi connectivity index (χ2v) is 2.72. The number of terminal acetylenes is 1. The lowest BCUT2D eigenvalue weighted by Gasteiger charge is -2.11. The van der Waals surface area contributed by atoms with Crippen molar-refractivity contribution in [3.05, 3.63) is 0 Å². The van der Waals surface area contributed by atoms with Crippen molar-refractivity contribution in [2.45, 2.75) is 12.8 Å². The zero-order valence-corrected chi connectivity index (χ0v) is 8.42. The zero-order chi connectivity index (χ0) is 7.82. The summed E-state index contributed by atoms with van der Waals surface area (Å²) in [7, 11) is 2.02. The summed E-state index contributed by atoms with van der Waals surface area (Å²) in [5.74, 6) is 3.34. The molecule has 0 aliphatic rings. The first-order valence-electron chi connectivity index (χ1n) is 3.49. The van der Waals surface area contributed by atoms with Crippen LogP contribution in [0.15, 0.2) is 0 Å². The van der Waals surface area contributed by atoms with Gasteiger partial charge in [-0.15, -0.1) is 30.4 Å². The smallest absolute Gasteiger partial charge is 0.0596 e. The van der Waals surface area contributed by atoms with Gasteiger partial charge >= 0.3 is 0 Å². The highest BCUT2D eigenvalue weighted by atomic mass is 35.5. The molecular weight excluding hydrogens is 181 g/mol. The molecule has 0 aliphatic heterocycles. The highest BCUT2D eigenvalue weighted by Gasteiger charge is 1.93. The maximum Gasteiger partial charge on any atom is 0.0596 e. The Hall–Kier alpha value is 0.100. The van der Waals surface area contributed by atoms with Gasteiger partial charge in [0.15, 0.2) is 0 Å². The number of alkyl halides is 1. The number of rotatable bonds is 5. The molecule has 0 bridgehead atoms. The Labute approximate surface area is 80.5 Å². The predicted molar refractivity (Wildman–Crippen MR) is 53.5 cm³/mol. The molecule has 0 atom stereocenters. The van der Waals surface area contributed by atoms with E-state index in [1.165, 1.54) is 0 Å². The van der Waals surface area contributed by atoms with Crippen LogP contribution in [0, 0.1) is 12.3 Å². The van der Waals surface area contributed by atoms with Crippen LogP contribution >= 0.6 is 24.0 Å². The Morgan fingerprint density at radius 1 is 1.45 bits per heavy atom. The molecule has 0 amide bonds. The Balaban J connectivity index is 0. The fourth-order valence-electron chi connectivity index (χ4n) is 0.711. The quantitative estimate of drug-likeness (QED) is 0.369. The molecule has 0 aromatic carbocycles. The minimum Gasteiger partial charge on any atom is -0.295 e. The fraction of sp³-hybridized carbons (Fsp3) is 0.750. The molecule has 66 valence electrons. The van der Waals surface area contributed by atoms with Gasteiger partial charge in [-0.3, -0.25) is 4.90 Å². The number of nitrogens with zero attached hydrogens (tertiary/aromatic N) is 1. The Kier molecular flexibility index (Phi) is 12.6. The molecule has 0 fully saturated rings. The third kappa shape index (κ3) is 10.1. The van der Waals surface area contributed by atoms with E-state index in [-0.39, 0.29) is 12.4 Å². The van der Waals surface area contributed by atoms with Gasteiger partial charge in [-0.25, -0.2) is 0 Å². The van der Waals surface area contributed by atoms with E-state index in [1.54, 1.807) is 0 Å². The molecule has 0 unspecified atom stereocenters. The molecule has 0 spiro atoms. The van der Waals surface area contributed by atoms with Crippen LogP contribution in [0.4, 0.5) is 0 Å². The molecule has 0 rings (SSSR count). The van der Waals surface area contributed by atoms with Crippen molar-refractivity contribution in [1.29, 1.82) is 0 Å². The lowest BCUT2D eigenvalue weighted by atomic mass is 10.3. The van der Waals surface area contributed by atoms with Crippen LogP contribution in [-0.2, 0) is 0 Å². The summed E-state index contributed by atoms with van der Waals surface area (Å²) in [4.78, 5) is 2.12. The fourth-order valence-corrected chi connectivity index (χ4v) is 0.900. The van der Waals surface area contributed by atoms with Crippen molar-refractivity contribution in [2.75, 3.05) is 26.0 Å². The topological polar surface area (TPSA) is 3.24 Å². The molecular formula is C8H15Cl2N. The van der Waals surface area contributed by atoms with Gasteiger partial charge in [0.05, 0.1) is 6.54 Å². The molecule has 0 saturated heterocycles. The highest BCUT2D eigenvalue weighted by Crippen LogP contribution is 1.93. The van der Waals surface area contributed by atoms with Gasteiger partial charge in [-0.2, -0.15) is 0 Å². The van der Waals surface area contributed by atoms with Crippen molar-refractivity contribution >= 4 is 24.0 Å². The van der Waals surface area contributed by atoms with E-state index in [0.717, 1.165) is 31.8 Å². The molecule has 0 aliphatic carbocycles. The number of hydrogen-bond donors (Lipinski definition) is 0. The molecule has 0 radical (unpaired) electrons. The normalized spacial score (nSPS) is 8.91. The summed E-state index contributed by atoms with van der Waals surface area (Å²) < 4.78 is 0. The number of hydrogen-bond acceptors (Lipinski definition) is 1. The van der Waals surface area contributed by atoms with Crippen molar-refractivity contribution in [3.63, 3.8) is 0 Å². The van der Waals surface area contributed by atoms with Crippen LogP contribution in [0.3, 0.4) is 0 Å². The van der Waals surface area contributed by atoms with Crippen LogP contribution in [0.5, 0.6) is 0 Å². The first-order valence-corrected chi connectivity index (χ1v) is 4.02. The van der Waals surface area contributed by atoms with E-state index in [1.807, 2.05) is 7.05 Å². The van der Waals surface area contributed by atoms with E-state index in [2.05, 4.69) is 10.8 Å². The molecule has 0 saturated carbocycles. The van der Waals surface area contributed by atoms with E-state index in [0.29, 0.717) is 0 Å². The zero-order valence-electron chi connectivity index (χ0n) is 6.85. The Morgan fingerprint density at radius 2 is 2.09 bits per heavy atom. The molecule has 0 aromatic rings. The standard InChI is InChI=1S/C8H14ClN.ClH/c1-3-7-10(2)8-5-4-6-9;/h1H,4-8H2,2H3;1H. The van der Waals surface area contributed by atoms with Crippen molar-refractivity contribution in [2.24, 2.45) is 0 Å². The van der Waals surface area contributed by atoms with Crippen molar-refractivity contribution < 1.29 is 0 Å². The van der Waals surface area contributed by atoms with Crippen LogP contribution in [0.1, 0.15) is 12.8 Å². The van der Waals surface area contributed by atoms with Gasteiger partial charge < -0.3 is 0 Å². The van der Waals surface area contributed by atoms with Gasteiger partial charge in [0, 0.05) is 5.88 Å². The Morgan fingerprint density at radius 3 is 2.55 bits per heavy atom. The minimum atomic E-state index is 0. The van der Waals surface area contributed by atoms with Crippen LogP contribution in [0.25, 0.3) is 0 Å². The summed E-state index contributed by atoms with van der Waals surface area (Å²) in [6.45, 7) is 1.79. The van der Waals surface area contributed by atoms with Gasteiger partial charge in [-0.1, -0.05) is 5.92 Å². The lowest BCUT2D eigenvalue weighted by molar-refractivity contribution is 0.368. The SMILES string of the molecule is C#CCN(C)CCCCCl.Cl. The second kappa shape index (κ2) is 10.1. The van der Waals surface area contributed by atoms with E-state index in [9.17, 15) is 0 Å². The summed E-state index contributed by atoms with van der Waals surface area (Å²) in [5, 5.41) is 0. The molecule has 0 aromatic heterocycles. The van der Waals surface area contributed by atoms with Gasteiger partial charge in [-0.05, 0) is 26.4 Å². The maximum atomic E-state index is 5.50. The van der Waals surface area contributed by atoms with Crippen LogP contribution in [0.2, 0.25) is 0 Å². The largest absolute Gasteiger partial charge is 0.295 e. The maximum absolute atomic E-state index is 5.50. The summed E-state index contributed by atoms with van der Waals surface area (Å²) in [5.41, 5.74) is 0. The van der Waals surface area contributed by atoms with Gasteiger partial charge in [0.1, 0.15) is 0 Å². The average Bonchev–Trinajstić information content (AvgIpc) is 1.89. The average molecular weight is 196 g/mol. The summed E-state index contributed by atoms with van der Waals surface area (Å²) >= 11 is 5.50. The first kappa shape index (κ1) is 13.7. The second-order valence-electron chi connectivity index (χ2n) is 2.34. The van der Waals surface area contributed by atoms with Gasteiger partial charge in [0.25, 0.3) is 0 Å². The summed E-state index contributed by atoms with van der Waals surface area (Å²) in [6.07, 6.45) is 7.34. The Bertz CT molecular complexity index is 109. The highest BCUT2D eigenvalue weighted by molar-refractivity contribution is 6.17. The molecule has 11 heavy (non-hydrogen) atoms. The third-order valence-corrected chi connectivity index (χ3v) is 1.55. The van der Waals surface area contributed by atoms with Crippen LogP contribution < -0.4 is 0 Å². The molecule has 1 nitrogen and oxygen atoms in total. The van der Waals surface area contributed by atoms with Crippen molar-refractivity contribution in [1.82, 2.24) is 4.90 Å². The van der Waals surface area contributed by atoms with E-state index >= 15 is 0 Å². The molecule has 3 heteroatoms. The number of halogens is 2. The number of unbranched alkanes of at least 4 members (excludes halogenated alkanes) is 1. The molecule has 0 N–H and O–H groups in total. The predicted octanol–water partition coefficient (Wildman–Crippen LogP) is 1.99. The van der Waals surface area contributed by atoms with Crippen LogP contribution in [-0.4, -0.2) is 30.9 Å². The van der Waals surface area contributed by atoms with Gasteiger partial charge in [0.2, 0.25) is 0 Å². The van der Waals surface area contributed by atoms with Crippen molar-refractivity contribution in [3.8, 4) is 12.3 Å². The van der Waals surface area contributed by atoms with E-state index in [4.69, 9.17) is 18.0 Å². The lowest BCUT2D eigenvalue weighted by Crippen LogP contribution is -2.19.